The van der Waals surface area contributed by atoms with E-state index in [-0.39, 0.29) is 6.04 Å². The predicted octanol–water partition coefficient (Wildman–Crippen LogP) is 3.35. The summed E-state index contributed by atoms with van der Waals surface area (Å²) in [5.74, 6) is -1.09. The van der Waals surface area contributed by atoms with Gasteiger partial charge in [0.15, 0.2) is 11.6 Å². The molecule has 2 unspecified atom stereocenters. The summed E-state index contributed by atoms with van der Waals surface area (Å²) in [5.41, 5.74) is 0.512. The van der Waals surface area contributed by atoms with Crippen molar-refractivity contribution in [3.8, 4) is 0 Å². The molecule has 0 radical (unpaired) electrons. The number of halogens is 2. The molecule has 112 valence electrons. The van der Waals surface area contributed by atoms with Crippen molar-refractivity contribution in [2.45, 2.75) is 32.2 Å². The van der Waals surface area contributed by atoms with E-state index in [9.17, 15) is 8.78 Å². The van der Waals surface area contributed by atoms with Crippen LogP contribution in [0.25, 0.3) is 0 Å². The molecule has 1 N–H and O–H groups in total. The Balaban J connectivity index is 2.35. The first-order valence-electron chi connectivity index (χ1n) is 7.51. The monoisotopic (exact) mass is 282 g/mol. The van der Waals surface area contributed by atoms with Gasteiger partial charge in [-0.05, 0) is 57.9 Å². The minimum Gasteiger partial charge on any atom is -0.319 e. The highest BCUT2D eigenvalue weighted by Crippen LogP contribution is 2.37. The Morgan fingerprint density at radius 1 is 1.35 bits per heavy atom. The van der Waals surface area contributed by atoms with Gasteiger partial charge in [-0.1, -0.05) is 19.1 Å². The SMILES string of the molecule is CCCN1CCCC(CNC)C1c1cccc(F)c1F. The zero-order valence-corrected chi connectivity index (χ0v) is 12.3. The Morgan fingerprint density at radius 3 is 2.85 bits per heavy atom. The van der Waals surface area contributed by atoms with E-state index in [1.807, 2.05) is 7.05 Å². The standard InChI is InChI=1S/C16H24F2N2/c1-3-9-20-10-5-6-12(11-19-2)16(20)13-7-4-8-14(17)15(13)18/h4,7-8,12,16,19H,3,5-6,9-11H2,1-2H3. The molecule has 0 amide bonds. The van der Waals surface area contributed by atoms with Crippen molar-refractivity contribution in [2.75, 3.05) is 26.7 Å². The second-order valence-corrected chi connectivity index (χ2v) is 5.58. The van der Waals surface area contributed by atoms with Crippen molar-refractivity contribution in [1.29, 1.82) is 0 Å². The summed E-state index contributed by atoms with van der Waals surface area (Å²) in [6.07, 6.45) is 3.21. The van der Waals surface area contributed by atoms with E-state index in [1.54, 1.807) is 12.1 Å². The molecule has 20 heavy (non-hydrogen) atoms. The van der Waals surface area contributed by atoms with Gasteiger partial charge in [0.05, 0.1) is 0 Å². The number of rotatable bonds is 5. The molecule has 0 spiro atoms. The van der Waals surface area contributed by atoms with Gasteiger partial charge >= 0.3 is 0 Å². The molecule has 0 aliphatic carbocycles. The Kier molecular flexibility index (Phi) is 5.49. The summed E-state index contributed by atoms with van der Waals surface area (Å²) in [4.78, 5) is 2.31. The van der Waals surface area contributed by atoms with Gasteiger partial charge < -0.3 is 5.32 Å². The van der Waals surface area contributed by atoms with E-state index in [0.29, 0.717) is 11.5 Å². The fourth-order valence-corrected chi connectivity index (χ4v) is 3.37. The van der Waals surface area contributed by atoms with Crippen LogP contribution >= 0.6 is 0 Å². The highest BCUT2D eigenvalue weighted by atomic mass is 19.2. The Bertz CT molecular complexity index is 418. The van der Waals surface area contributed by atoms with Crippen LogP contribution in [-0.4, -0.2) is 31.6 Å². The normalized spacial score (nSPS) is 24.0. The van der Waals surface area contributed by atoms with Gasteiger partial charge in [0, 0.05) is 11.6 Å². The Morgan fingerprint density at radius 2 is 2.15 bits per heavy atom. The van der Waals surface area contributed by atoms with Crippen LogP contribution in [0, 0.1) is 17.6 Å². The first-order valence-corrected chi connectivity index (χ1v) is 7.51. The van der Waals surface area contributed by atoms with Crippen molar-refractivity contribution in [1.82, 2.24) is 10.2 Å². The third kappa shape index (κ3) is 3.18. The summed E-state index contributed by atoms with van der Waals surface area (Å²) in [6.45, 7) is 4.86. The average Bonchev–Trinajstić information content (AvgIpc) is 2.44. The Hall–Kier alpha value is -1.00. The Labute approximate surface area is 120 Å². The minimum atomic E-state index is -0.743. The van der Waals surface area contributed by atoms with Crippen molar-refractivity contribution in [3.63, 3.8) is 0 Å². The quantitative estimate of drug-likeness (QED) is 0.891. The smallest absolute Gasteiger partial charge is 0.163 e. The number of nitrogens with one attached hydrogen (secondary N) is 1. The summed E-state index contributed by atoms with van der Waals surface area (Å²) in [5, 5.41) is 3.19. The summed E-state index contributed by atoms with van der Waals surface area (Å²) in [7, 11) is 1.91. The molecule has 0 bridgehead atoms. The number of hydrogen-bond acceptors (Lipinski definition) is 2. The van der Waals surface area contributed by atoms with Gasteiger partial charge in [-0.25, -0.2) is 8.78 Å². The second-order valence-electron chi connectivity index (χ2n) is 5.58. The van der Waals surface area contributed by atoms with Gasteiger partial charge in [0.2, 0.25) is 0 Å². The molecule has 1 aromatic rings. The molecule has 1 aromatic carbocycles. The molecule has 1 fully saturated rings. The van der Waals surface area contributed by atoms with E-state index < -0.39 is 11.6 Å². The molecule has 2 nitrogen and oxygen atoms in total. The number of benzene rings is 1. The van der Waals surface area contributed by atoms with Crippen molar-refractivity contribution in [3.05, 3.63) is 35.4 Å². The highest BCUT2D eigenvalue weighted by Gasteiger charge is 2.33. The molecule has 4 heteroatoms. The third-order valence-electron chi connectivity index (χ3n) is 4.14. The fraction of sp³-hybridized carbons (Fsp3) is 0.625. The second kappa shape index (κ2) is 7.14. The lowest BCUT2D eigenvalue weighted by atomic mass is 9.84. The van der Waals surface area contributed by atoms with Crippen LogP contribution in [0.4, 0.5) is 8.78 Å². The van der Waals surface area contributed by atoms with E-state index in [0.717, 1.165) is 38.9 Å². The van der Waals surface area contributed by atoms with E-state index in [2.05, 4.69) is 17.1 Å². The fourth-order valence-electron chi connectivity index (χ4n) is 3.37. The lowest BCUT2D eigenvalue weighted by molar-refractivity contribution is 0.0892. The number of likely N-dealkylation sites (tertiary alicyclic amines) is 1. The van der Waals surface area contributed by atoms with Crippen LogP contribution in [0.2, 0.25) is 0 Å². The van der Waals surface area contributed by atoms with Crippen LogP contribution in [0.5, 0.6) is 0 Å². The van der Waals surface area contributed by atoms with Gasteiger partial charge in [-0.15, -0.1) is 0 Å². The van der Waals surface area contributed by atoms with E-state index >= 15 is 0 Å². The van der Waals surface area contributed by atoms with Gasteiger partial charge in [-0.2, -0.15) is 0 Å². The maximum absolute atomic E-state index is 14.2. The van der Waals surface area contributed by atoms with Gasteiger partial charge in [-0.3, -0.25) is 4.90 Å². The van der Waals surface area contributed by atoms with Crippen molar-refractivity contribution in [2.24, 2.45) is 5.92 Å². The molecule has 1 aliphatic rings. The lowest BCUT2D eigenvalue weighted by Crippen LogP contribution is -2.42. The van der Waals surface area contributed by atoms with Crippen LogP contribution in [0.15, 0.2) is 18.2 Å². The molecule has 1 saturated heterocycles. The summed E-state index contributed by atoms with van der Waals surface area (Å²) >= 11 is 0. The third-order valence-corrected chi connectivity index (χ3v) is 4.14. The molecule has 2 rings (SSSR count). The predicted molar refractivity (Wildman–Crippen MR) is 77.6 cm³/mol. The molecule has 1 aliphatic heterocycles. The van der Waals surface area contributed by atoms with Crippen LogP contribution in [0.3, 0.4) is 0 Å². The van der Waals surface area contributed by atoms with Crippen LogP contribution < -0.4 is 5.32 Å². The maximum Gasteiger partial charge on any atom is 0.163 e. The van der Waals surface area contributed by atoms with Crippen molar-refractivity contribution < 1.29 is 8.78 Å². The van der Waals surface area contributed by atoms with Gasteiger partial charge in [0.25, 0.3) is 0 Å². The zero-order valence-electron chi connectivity index (χ0n) is 12.3. The molecular weight excluding hydrogens is 258 g/mol. The number of piperidine rings is 1. The summed E-state index contributed by atoms with van der Waals surface area (Å²) in [6, 6.07) is 4.52. The molecule has 0 saturated carbocycles. The zero-order chi connectivity index (χ0) is 14.5. The number of hydrogen-bond donors (Lipinski definition) is 1. The number of nitrogens with zero attached hydrogens (tertiary/aromatic N) is 1. The average molecular weight is 282 g/mol. The lowest BCUT2D eigenvalue weighted by Gasteiger charge is -2.42. The minimum absolute atomic E-state index is 0.0214. The molecule has 2 atom stereocenters. The first kappa shape index (κ1) is 15.4. The summed E-state index contributed by atoms with van der Waals surface area (Å²) < 4.78 is 27.7. The largest absolute Gasteiger partial charge is 0.319 e. The van der Waals surface area contributed by atoms with Crippen molar-refractivity contribution >= 4 is 0 Å². The van der Waals surface area contributed by atoms with E-state index in [1.165, 1.54) is 6.07 Å². The van der Waals surface area contributed by atoms with Gasteiger partial charge in [0.1, 0.15) is 0 Å². The van der Waals surface area contributed by atoms with Crippen LogP contribution in [-0.2, 0) is 0 Å². The molecule has 1 heterocycles. The maximum atomic E-state index is 14.2. The molecular formula is C16H24F2N2. The topological polar surface area (TPSA) is 15.3 Å². The van der Waals surface area contributed by atoms with E-state index in [4.69, 9.17) is 0 Å². The highest BCUT2D eigenvalue weighted by molar-refractivity contribution is 5.24. The first-order chi connectivity index (χ1) is 9.69. The molecule has 0 aromatic heterocycles. The van der Waals surface area contributed by atoms with Crippen LogP contribution in [0.1, 0.15) is 37.8 Å².